The Balaban J connectivity index is 1.66. The fraction of sp³-hybridized carbons (Fsp3) is 0.429. The van der Waals surface area contributed by atoms with Crippen molar-refractivity contribution in [3.8, 4) is 0 Å². The van der Waals surface area contributed by atoms with Crippen LogP contribution in [0.25, 0.3) is 11.2 Å². The summed E-state index contributed by atoms with van der Waals surface area (Å²) in [7, 11) is -3.29. The number of ether oxygens (including phenoxy) is 1. The molecular formula is C21H25N7O4S. The monoisotopic (exact) mass is 471 g/mol. The molecule has 2 saturated heterocycles. The molecule has 0 radical (unpaired) electrons. The minimum atomic E-state index is -3.29. The summed E-state index contributed by atoms with van der Waals surface area (Å²) in [6, 6.07) is 8.75. The van der Waals surface area contributed by atoms with Crippen LogP contribution in [0.4, 0.5) is 10.6 Å². The van der Waals surface area contributed by atoms with Crippen LogP contribution in [0.15, 0.2) is 40.3 Å². The number of anilines is 1. The van der Waals surface area contributed by atoms with E-state index >= 15 is 0 Å². The summed E-state index contributed by atoms with van der Waals surface area (Å²) in [5.41, 5.74) is 6.55. The number of nitrogens with one attached hydrogen (secondary N) is 1. The number of fused-ring (bicyclic) bond motifs is 1. The van der Waals surface area contributed by atoms with Gasteiger partial charge < -0.3 is 15.4 Å². The quantitative estimate of drug-likeness (QED) is 0.533. The van der Waals surface area contributed by atoms with Gasteiger partial charge in [0.2, 0.25) is 5.16 Å². The predicted octanol–water partition coefficient (Wildman–Crippen LogP) is 1.34. The average Bonchev–Trinajstić information content (AvgIpc) is 2.99. The number of nitrogens with two attached hydrogens (primary N) is 1. The molecule has 0 bridgehead atoms. The number of aromatic nitrogens is 4. The summed E-state index contributed by atoms with van der Waals surface area (Å²) in [6.07, 6.45) is 0.500. The Bertz CT molecular complexity index is 1400. The molecule has 2 aromatic heterocycles. The Hall–Kier alpha value is -3.25. The fourth-order valence-electron chi connectivity index (χ4n) is 4.37. The second-order valence-corrected chi connectivity index (χ2v) is 10.9. The van der Waals surface area contributed by atoms with Crippen LogP contribution in [-0.4, -0.2) is 66.3 Å². The molecule has 4 heterocycles. The molecule has 0 aliphatic carbocycles. The van der Waals surface area contributed by atoms with Gasteiger partial charge >= 0.3 is 11.7 Å². The Labute approximate surface area is 190 Å². The Morgan fingerprint density at radius 2 is 1.94 bits per heavy atom. The summed E-state index contributed by atoms with van der Waals surface area (Å²) in [4.78, 5) is 36.8. The first-order chi connectivity index (χ1) is 15.7. The highest BCUT2D eigenvalue weighted by Crippen LogP contribution is 2.38. The normalized spacial score (nSPS) is 18.6. The van der Waals surface area contributed by atoms with E-state index in [1.807, 2.05) is 37.3 Å². The third-order valence-corrected chi connectivity index (χ3v) is 7.83. The Kier molecular flexibility index (Phi) is 5.01. The van der Waals surface area contributed by atoms with Crippen molar-refractivity contribution in [2.24, 2.45) is 5.41 Å². The van der Waals surface area contributed by atoms with E-state index in [0.29, 0.717) is 32.7 Å². The standard InChI is InChI=1S/C21H25N7O4S/c1-2-8-33(23,31)18-24-16(22)15-17(25-18)27(9-14-6-4-3-5-7-14)20(30)28(15)19(29)26-10-21(11-26)12-32-13-21/h3-7,23H,2,8-13H2,1H3,(H2,22,24,25). The van der Waals surface area contributed by atoms with Crippen molar-refractivity contribution >= 4 is 32.7 Å². The van der Waals surface area contributed by atoms with Gasteiger partial charge in [0.15, 0.2) is 11.5 Å². The molecule has 2 aliphatic rings. The van der Waals surface area contributed by atoms with Gasteiger partial charge in [-0.3, -0.25) is 4.57 Å². The number of nitrogen functional groups attached to an aromatic ring is 1. The molecule has 174 valence electrons. The van der Waals surface area contributed by atoms with Gasteiger partial charge in [-0.2, -0.15) is 4.98 Å². The van der Waals surface area contributed by atoms with Crippen LogP contribution in [0.1, 0.15) is 18.9 Å². The lowest BCUT2D eigenvalue weighted by molar-refractivity contribution is -0.175. The topological polar surface area (TPSA) is 149 Å². The maximum atomic E-state index is 13.5. The maximum absolute atomic E-state index is 13.5. The van der Waals surface area contributed by atoms with Gasteiger partial charge in [-0.05, 0) is 12.0 Å². The highest BCUT2D eigenvalue weighted by molar-refractivity contribution is 7.92. The van der Waals surface area contributed by atoms with Gasteiger partial charge in [0.1, 0.15) is 15.2 Å². The number of hydrogen-bond acceptors (Lipinski definition) is 8. The maximum Gasteiger partial charge on any atom is 0.339 e. The van der Waals surface area contributed by atoms with Gasteiger partial charge in [0.25, 0.3) is 0 Å². The predicted molar refractivity (Wildman–Crippen MR) is 122 cm³/mol. The van der Waals surface area contributed by atoms with E-state index in [-0.39, 0.29) is 39.9 Å². The van der Waals surface area contributed by atoms with Crippen LogP contribution in [-0.2, 0) is 21.0 Å². The first-order valence-electron chi connectivity index (χ1n) is 10.7. The third-order valence-electron chi connectivity index (χ3n) is 6.07. The SMILES string of the molecule is CCCS(=N)(=O)c1nc(N)c2c(n1)n(Cc1ccccc1)c(=O)n2C(=O)N1CC2(COC2)C1. The lowest BCUT2D eigenvalue weighted by Crippen LogP contribution is -2.68. The summed E-state index contributed by atoms with van der Waals surface area (Å²) < 4.78 is 28.7. The molecule has 1 unspecified atom stereocenters. The Morgan fingerprint density at radius 1 is 1.24 bits per heavy atom. The number of carbonyl (C=O) groups is 1. The molecule has 33 heavy (non-hydrogen) atoms. The first kappa shape index (κ1) is 21.6. The Morgan fingerprint density at radius 3 is 2.55 bits per heavy atom. The summed E-state index contributed by atoms with van der Waals surface area (Å²) in [6.45, 7) is 4.15. The summed E-state index contributed by atoms with van der Waals surface area (Å²) in [5, 5.41) is -0.227. The second kappa shape index (κ2) is 7.66. The molecule has 2 fully saturated rings. The molecule has 3 N–H and O–H groups in total. The molecule has 5 rings (SSSR count). The van der Waals surface area contributed by atoms with Gasteiger partial charge in [0, 0.05) is 18.8 Å². The van der Waals surface area contributed by atoms with Crippen LogP contribution in [0.5, 0.6) is 0 Å². The fourth-order valence-corrected chi connectivity index (χ4v) is 5.61. The van der Waals surface area contributed by atoms with Crippen molar-refractivity contribution in [2.75, 3.05) is 37.8 Å². The molecular weight excluding hydrogens is 446 g/mol. The number of benzene rings is 1. The van der Waals surface area contributed by atoms with E-state index in [1.165, 1.54) is 4.57 Å². The number of rotatable bonds is 5. The number of hydrogen-bond donors (Lipinski definition) is 2. The number of likely N-dealkylation sites (tertiary alicyclic amines) is 1. The third kappa shape index (κ3) is 3.49. The highest BCUT2D eigenvalue weighted by Gasteiger charge is 2.51. The summed E-state index contributed by atoms with van der Waals surface area (Å²) >= 11 is 0. The van der Waals surface area contributed by atoms with E-state index < -0.39 is 21.4 Å². The molecule has 1 atom stereocenters. The van der Waals surface area contributed by atoms with E-state index in [9.17, 15) is 13.8 Å². The van der Waals surface area contributed by atoms with Crippen molar-refractivity contribution in [1.29, 1.82) is 4.78 Å². The van der Waals surface area contributed by atoms with Gasteiger partial charge in [-0.25, -0.2) is 28.1 Å². The lowest BCUT2D eigenvalue weighted by Gasteiger charge is -2.54. The van der Waals surface area contributed by atoms with Crippen LogP contribution in [0.3, 0.4) is 0 Å². The van der Waals surface area contributed by atoms with Crippen LogP contribution < -0.4 is 11.4 Å². The van der Waals surface area contributed by atoms with Crippen LogP contribution in [0.2, 0.25) is 0 Å². The van der Waals surface area contributed by atoms with Crippen molar-refractivity contribution in [2.45, 2.75) is 25.0 Å². The molecule has 1 spiro atoms. The number of nitrogens with zero attached hydrogens (tertiary/aromatic N) is 5. The largest absolute Gasteiger partial charge is 0.382 e. The zero-order valence-corrected chi connectivity index (χ0v) is 19.0. The molecule has 1 amide bonds. The van der Waals surface area contributed by atoms with Gasteiger partial charge in [0.05, 0.1) is 25.2 Å². The van der Waals surface area contributed by atoms with E-state index in [2.05, 4.69) is 9.97 Å². The smallest absolute Gasteiger partial charge is 0.339 e. The van der Waals surface area contributed by atoms with E-state index in [4.69, 9.17) is 15.3 Å². The van der Waals surface area contributed by atoms with Gasteiger partial charge in [-0.1, -0.05) is 37.3 Å². The van der Waals surface area contributed by atoms with Crippen LogP contribution >= 0.6 is 0 Å². The average molecular weight is 472 g/mol. The molecule has 1 aromatic carbocycles. The number of carbonyl (C=O) groups excluding carboxylic acids is 1. The van der Waals surface area contributed by atoms with E-state index in [0.717, 1.165) is 10.1 Å². The molecule has 0 saturated carbocycles. The number of amides is 1. The molecule has 11 nitrogen and oxygen atoms in total. The van der Waals surface area contributed by atoms with Crippen molar-refractivity contribution in [3.05, 3.63) is 46.4 Å². The van der Waals surface area contributed by atoms with Crippen LogP contribution in [0, 0.1) is 10.2 Å². The first-order valence-corrected chi connectivity index (χ1v) is 12.4. The minimum absolute atomic E-state index is 0.0201. The molecule has 2 aliphatic heterocycles. The lowest BCUT2D eigenvalue weighted by atomic mass is 9.78. The molecule has 3 aromatic rings. The van der Waals surface area contributed by atoms with Crippen molar-refractivity contribution < 1.29 is 13.7 Å². The molecule has 12 heteroatoms. The minimum Gasteiger partial charge on any atom is -0.382 e. The van der Waals surface area contributed by atoms with E-state index in [1.54, 1.807) is 4.90 Å². The zero-order valence-electron chi connectivity index (χ0n) is 18.2. The highest BCUT2D eigenvalue weighted by atomic mass is 32.2. The summed E-state index contributed by atoms with van der Waals surface area (Å²) in [5.74, 6) is -0.0797. The van der Waals surface area contributed by atoms with Crippen molar-refractivity contribution in [1.82, 2.24) is 24.0 Å². The number of imidazole rings is 1. The van der Waals surface area contributed by atoms with Gasteiger partial charge in [-0.15, -0.1) is 0 Å². The zero-order chi connectivity index (χ0) is 23.4. The second-order valence-electron chi connectivity index (χ2n) is 8.76. The van der Waals surface area contributed by atoms with Crippen molar-refractivity contribution in [3.63, 3.8) is 0 Å².